The van der Waals surface area contributed by atoms with Gasteiger partial charge in [-0.15, -0.1) is 0 Å². The quantitative estimate of drug-likeness (QED) is 0.860. The summed E-state index contributed by atoms with van der Waals surface area (Å²) in [5, 5.41) is 0.785. The Balaban J connectivity index is 2.22. The van der Waals surface area contributed by atoms with Crippen LogP contribution in [0, 0.1) is 5.92 Å². The van der Waals surface area contributed by atoms with Crippen LogP contribution in [-0.4, -0.2) is 4.98 Å². The first-order valence-electron chi connectivity index (χ1n) is 7.50. The molecule has 2 nitrogen and oxygen atoms in total. The third-order valence-corrected chi connectivity index (χ3v) is 3.84. The lowest BCUT2D eigenvalue weighted by Crippen LogP contribution is -2.04. The number of rotatable bonds is 6. The van der Waals surface area contributed by atoms with E-state index in [1.165, 1.54) is 17.5 Å². The Hall–Kier alpha value is -1.38. The number of halogens is 1. The molecule has 2 rings (SSSR count). The lowest BCUT2D eigenvalue weighted by molar-refractivity contribution is 0.585. The fourth-order valence-corrected chi connectivity index (χ4v) is 2.58. The van der Waals surface area contributed by atoms with Gasteiger partial charge in [-0.25, -0.2) is 0 Å². The summed E-state index contributed by atoms with van der Waals surface area (Å²) in [6, 6.07) is 12.2. The normalized spacial score (nSPS) is 11.1. The Kier molecular flexibility index (Phi) is 5.77. The summed E-state index contributed by atoms with van der Waals surface area (Å²) in [4.78, 5) is 4.58. The molecular formula is C18H23ClN2. The van der Waals surface area contributed by atoms with Gasteiger partial charge in [-0.05, 0) is 54.2 Å². The number of hydrogen-bond acceptors (Lipinski definition) is 2. The van der Waals surface area contributed by atoms with E-state index in [1.807, 2.05) is 24.3 Å². The van der Waals surface area contributed by atoms with Crippen LogP contribution in [-0.2, 0) is 19.4 Å². The second-order valence-electron chi connectivity index (χ2n) is 5.85. The molecule has 0 unspecified atom stereocenters. The van der Waals surface area contributed by atoms with E-state index in [0.717, 1.165) is 29.3 Å². The third-order valence-electron chi connectivity index (χ3n) is 3.60. The molecule has 3 heteroatoms. The van der Waals surface area contributed by atoms with E-state index in [9.17, 15) is 0 Å². The maximum absolute atomic E-state index is 6.16. The Labute approximate surface area is 132 Å². The van der Waals surface area contributed by atoms with Gasteiger partial charge in [0.2, 0.25) is 0 Å². The smallest absolute Gasteiger partial charge is 0.0542 e. The SMILES string of the molecule is CC(C)CCc1ccc(Cl)cc1Cc1cccc(CN)n1. The summed E-state index contributed by atoms with van der Waals surface area (Å²) in [5.41, 5.74) is 10.3. The van der Waals surface area contributed by atoms with Crippen molar-refractivity contribution in [2.24, 2.45) is 11.7 Å². The third kappa shape index (κ3) is 4.83. The van der Waals surface area contributed by atoms with Crippen LogP contribution in [0.2, 0.25) is 5.02 Å². The van der Waals surface area contributed by atoms with Crippen LogP contribution in [0.4, 0.5) is 0 Å². The van der Waals surface area contributed by atoms with Crippen molar-refractivity contribution in [2.45, 2.75) is 39.7 Å². The van der Waals surface area contributed by atoms with Gasteiger partial charge in [0.25, 0.3) is 0 Å². The van der Waals surface area contributed by atoms with E-state index >= 15 is 0 Å². The lowest BCUT2D eigenvalue weighted by Gasteiger charge is -2.12. The molecular weight excluding hydrogens is 280 g/mol. The maximum atomic E-state index is 6.16. The van der Waals surface area contributed by atoms with Gasteiger partial charge in [-0.3, -0.25) is 4.98 Å². The Morgan fingerprint density at radius 1 is 1.10 bits per heavy atom. The first-order valence-corrected chi connectivity index (χ1v) is 7.88. The zero-order valence-electron chi connectivity index (χ0n) is 12.8. The molecule has 1 aromatic carbocycles. The zero-order valence-corrected chi connectivity index (χ0v) is 13.5. The van der Waals surface area contributed by atoms with Gasteiger partial charge in [-0.1, -0.05) is 37.6 Å². The highest BCUT2D eigenvalue weighted by molar-refractivity contribution is 6.30. The average molecular weight is 303 g/mol. The van der Waals surface area contributed by atoms with E-state index in [0.29, 0.717) is 12.5 Å². The monoisotopic (exact) mass is 302 g/mol. The molecule has 0 bridgehead atoms. The van der Waals surface area contributed by atoms with E-state index in [1.54, 1.807) is 0 Å². The molecule has 0 fully saturated rings. The van der Waals surface area contributed by atoms with Gasteiger partial charge in [-0.2, -0.15) is 0 Å². The predicted octanol–water partition coefficient (Wildman–Crippen LogP) is 4.37. The molecule has 0 atom stereocenters. The second kappa shape index (κ2) is 7.58. The molecule has 1 aromatic heterocycles. The van der Waals surface area contributed by atoms with E-state index < -0.39 is 0 Å². The topological polar surface area (TPSA) is 38.9 Å². The minimum absolute atomic E-state index is 0.476. The Morgan fingerprint density at radius 3 is 2.57 bits per heavy atom. The zero-order chi connectivity index (χ0) is 15.2. The first-order chi connectivity index (χ1) is 10.1. The van der Waals surface area contributed by atoms with Crippen LogP contribution in [0.3, 0.4) is 0 Å². The van der Waals surface area contributed by atoms with Crippen molar-refractivity contribution in [1.82, 2.24) is 4.98 Å². The van der Waals surface area contributed by atoms with Gasteiger partial charge in [0, 0.05) is 23.7 Å². The van der Waals surface area contributed by atoms with Crippen LogP contribution < -0.4 is 5.73 Å². The number of nitrogens with zero attached hydrogens (tertiary/aromatic N) is 1. The van der Waals surface area contributed by atoms with Gasteiger partial charge in [0.1, 0.15) is 0 Å². The molecule has 0 spiro atoms. The number of hydrogen-bond donors (Lipinski definition) is 1. The number of pyridine rings is 1. The number of nitrogens with two attached hydrogens (primary N) is 1. The van der Waals surface area contributed by atoms with E-state index in [4.69, 9.17) is 17.3 Å². The van der Waals surface area contributed by atoms with Crippen LogP contribution in [0.25, 0.3) is 0 Å². The van der Waals surface area contributed by atoms with Crippen molar-refractivity contribution in [3.63, 3.8) is 0 Å². The number of aryl methyl sites for hydroxylation is 1. The molecule has 0 amide bonds. The Bertz CT molecular complexity index is 594. The Morgan fingerprint density at radius 2 is 1.86 bits per heavy atom. The van der Waals surface area contributed by atoms with Gasteiger partial charge in [0.15, 0.2) is 0 Å². The summed E-state index contributed by atoms with van der Waals surface area (Å²) in [6.07, 6.45) is 3.08. The van der Waals surface area contributed by atoms with Crippen molar-refractivity contribution in [3.05, 3.63) is 63.9 Å². The fraction of sp³-hybridized carbons (Fsp3) is 0.389. The average Bonchev–Trinajstić information content (AvgIpc) is 2.46. The summed E-state index contributed by atoms with van der Waals surface area (Å²) < 4.78 is 0. The molecule has 0 aliphatic rings. The molecule has 0 aliphatic carbocycles. The molecule has 2 aromatic rings. The van der Waals surface area contributed by atoms with Crippen molar-refractivity contribution in [3.8, 4) is 0 Å². The van der Waals surface area contributed by atoms with Gasteiger partial charge < -0.3 is 5.73 Å². The van der Waals surface area contributed by atoms with Crippen LogP contribution in [0.15, 0.2) is 36.4 Å². The highest BCUT2D eigenvalue weighted by atomic mass is 35.5. The van der Waals surface area contributed by atoms with Gasteiger partial charge in [0.05, 0.1) is 5.69 Å². The second-order valence-corrected chi connectivity index (χ2v) is 6.28. The largest absolute Gasteiger partial charge is 0.325 e. The summed E-state index contributed by atoms with van der Waals surface area (Å²) >= 11 is 6.16. The predicted molar refractivity (Wildman–Crippen MR) is 89.5 cm³/mol. The van der Waals surface area contributed by atoms with Crippen molar-refractivity contribution >= 4 is 11.6 Å². The highest BCUT2D eigenvalue weighted by Gasteiger charge is 2.07. The molecule has 0 radical (unpaired) electrons. The standard InChI is InChI=1S/C18H23ClN2/c1-13(2)6-7-14-8-9-16(19)10-15(14)11-17-4-3-5-18(12-20)21-17/h3-5,8-10,13H,6-7,11-12,20H2,1-2H3. The van der Waals surface area contributed by atoms with Crippen LogP contribution >= 0.6 is 11.6 Å². The van der Waals surface area contributed by atoms with Crippen molar-refractivity contribution < 1.29 is 0 Å². The maximum Gasteiger partial charge on any atom is 0.0542 e. The molecule has 0 saturated heterocycles. The summed E-state index contributed by atoms with van der Waals surface area (Å²) in [7, 11) is 0. The summed E-state index contributed by atoms with van der Waals surface area (Å²) in [5.74, 6) is 0.701. The van der Waals surface area contributed by atoms with Crippen molar-refractivity contribution in [1.29, 1.82) is 0 Å². The summed E-state index contributed by atoms with van der Waals surface area (Å²) in [6.45, 7) is 4.98. The van der Waals surface area contributed by atoms with Crippen LogP contribution in [0.1, 0.15) is 42.8 Å². The molecule has 0 saturated carbocycles. The van der Waals surface area contributed by atoms with Crippen LogP contribution in [0.5, 0.6) is 0 Å². The minimum Gasteiger partial charge on any atom is -0.325 e. The molecule has 0 aliphatic heterocycles. The highest BCUT2D eigenvalue weighted by Crippen LogP contribution is 2.21. The van der Waals surface area contributed by atoms with E-state index in [-0.39, 0.29) is 0 Å². The molecule has 1 heterocycles. The molecule has 112 valence electrons. The number of aromatic nitrogens is 1. The van der Waals surface area contributed by atoms with E-state index in [2.05, 4.69) is 31.0 Å². The fourth-order valence-electron chi connectivity index (χ4n) is 2.38. The van der Waals surface area contributed by atoms with Gasteiger partial charge >= 0.3 is 0 Å². The lowest BCUT2D eigenvalue weighted by atomic mass is 9.96. The number of benzene rings is 1. The first kappa shape index (κ1) is 16.0. The molecule has 2 N–H and O–H groups in total. The minimum atomic E-state index is 0.476. The molecule has 21 heavy (non-hydrogen) atoms. The van der Waals surface area contributed by atoms with Crippen molar-refractivity contribution in [2.75, 3.05) is 0 Å².